The molecule has 0 bridgehead atoms. The number of nitrogens with zero attached hydrogens (tertiary/aromatic N) is 1. The highest BCUT2D eigenvalue weighted by Gasteiger charge is 2.13. The van der Waals surface area contributed by atoms with Gasteiger partial charge in [-0.2, -0.15) is 0 Å². The van der Waals surface area contributed by atoms with E-state index in [0.29, 0.717) is 34.7 Å². The zero-order valence-corrected chi connectivity index (χ0v) is 16.8. The number of thiazole rings is 1. The lowest BCUT2D eigenvalue weighted by atomic mass is 10.3. The fraction of sp³-hybridized carbons (Fsp3) is 0.300. The Balaban J connectivity index is 1.65. The van der Waals surface area contributed by atoms with Crippen molar-refractivity contribution in [3.63, 3.8) is 0 Å². The molecule has 1 N–H and O–H groups in total. The number of benzene rings is 2. The summed E-state index contributed by atoms with van der Waals surface area (Å²) in [6.07, 6.45) is 0.891. The smallest absolute Gasteiger partial charge is 0.264 e. The minimum atomic E-state index is -0.303. The molecule has 1 amide bonds. The normalized spacial score (nSPS) is 10.5. The van der Waals surface area contributed by atoms with E-state index >= 15 is 0 Å². The molecule has 7 nitrogen and oxygen atoms in total. The maximum absolute atomic E-state index is 12.3. The van der Waals surface area contributed by atoms with E-state index in [9.17, 15) is 4.79 Å². The van der Waals surface area contributed by atoms with Gasteiger partial charge in [0.2, 0.25) is 0 Å². The first-order valence-electron chi connectivity index (χ1n) is 8.81. The van der Waals surface area contributed by atoms with Gasteiger partial charge in [0, 0.05) is 12.1 Å². The molecule has 2 aromatic carbocycles. The maximum atomic E-state index is 12.3. The molecule has 148 valence electrons. The molecule has 0 radical (unpaired) electrons. The number of nitrogens with one attached hydrogen (secondary N) is 1. The van der Waals surface area contributed by atoms with E-state index in [2.05, 4.69) is 10.3 Å². The first-order valence-corrected chi connectivity index (χ1v) is 9.63. The Morgan fingerprint density at radius 3 is 2.39 bits per heavy atom. The van der Waals surface area contributed by atoms with Crippen LogP contribution >= 0.6 is 11.3 Å². The number of aromatic nitrogens is 1. The summed E-state index contributed by atoms with van der Waals surface area (Å²) in [5.41, 5.74) is 0.720. The molecule has 28 heavy (non-hydrogen) atoms. The molecule has 0 spiro atoms. The minimum absolute atomic E-state index is 0.144. The second kappa shape index (κ2) is 9.27. The number of anilines is 1. The molecule has 8 heteroatoms. The van der Waals surface area contributed by atoms with E-state index in [-0.39, 0.29) is 12.5 Å². The molecular weight excluding hydrogens is 380 g/mol. The molecular formula is C20H22N2O5S. The summed E-state index contributed by atoms with van der Waals surface area (Å²) in [6.45, 7) is 2.47. The summed E-state index contributed by atoms with van der Waals surface area (Å²) in [4.78, 5) is 16.7. The Labute approximate surface area is 167 Å². The first-order chi connectivity index (χ1) is 13.6. The van der Waals surface area contributed by atoms with Crippen LogP contribution in [0.15, 0.2) is 36.4 Å². The van der Waals surface area contributed by atoms with Gasteiger partial charge in [0.05, 0.1) is 31.0 Å². The van der Waals surface area contributed by atoms with Crippen molar-refractivity contribution in [2.24, 2.45) is 0 Å². The molecule has 1 aromatic heterocycles. The summed E-state index contributed by atoms with van der Waals surface area (Å²) in [7, 11) is 3.14. The molecule has 0 fully saturated rings. The van der Waals surface area contributed by atoms with Crippen LogP contribution in [0.3, 0.4) is 0 Å². The number of rotatable bonds is 9. The number of methoxy groups -OCH3 is 2. The van der Waals surface area contributed by atoms with Crippen LogP contribution in [0.5, 0.6) is 23.0 Å². The Bertz CT molecular complexity index is 916. The van der Waals surface area contributed by atoms with Gasteiger partial charge in [-0.3, -0.25) is 10.1 Å². The molecule has 0 aliphatic heterocycles. The number of para-hydroxylation sites is 2. The van der Waals surface area contributed by atoms with Crippen molar-refractivity contribution in [2.75, 3.05) is 32.8 Å². The second-order valence-corrected chi connectivity index (χ2v) is 6.86. The third-order valence-corrected chi connectivity index (χ3v) is 4.74. The van der Waals surface area contributed by atoms with E-state index in [1.807, 2.05) is 31.2 Å². The van der Waals surface area contributed by atoms with Crippen LogP contribution in [-0.4, -0.2) is 38.3 Å². The standard InChI is InChI=1S/C20H22N2O5S/c1-4-9-26-14-7-5-6-8-15(14)27-12-19(23)22-20-21-13-10-16(24-2)17(25-3)11-18(13)28-20/h5-8,10-11H,4,9,12H2,1-3H3,(H,21,22,23). The Morgan fingerprint density at radius 1 is 1.04 bits per heavy atom. The molecule has 3 aromatic rings. The van der Waals surface area contributed by atoms with Crippen molar-refractivity contribution in [2.45, 2.75) is 13.3 Å². The number of carbonyl (C=O) groups excluding carboxylic acids is 1. The molecule has 0 saturated heterocycles. The van der Waals surface area contributed by atoms with Crippen LogP contribution in [0.2, 0.25) is 0 Å². The number of fused-ring (bicyclic) bond motifs is 1. The molecule has 0 saturated carbocycles. The van der Waals surface area contributed by atoms with Crippen LogP contribution in [0, 0.1) is 0 Å². The minimum Gasteiger partial charge on any atom is -0.493 e. The number of ether oxygens (including phenoxy) is 4. The van der Waals surface area contributed by atoms with Gasteiger partial charge in [-0.1, -0.05) is 30.4 Å². The third kappa shape index (κ3) is 4.64. The quantitative estimate of drug-likeness (QED) is 0.580. The predicted octanol–water partition coefficient (Wildman–Crippen LogP) is 4.12. The van der Waals surface area contributed by atoms with E-state index < -0.39 is 0 Å². The highest BCUT2D eigenvalue weighted by Crippen LogP contribution is 2.36. The lowest BCUT2D eigenvalue weighted by Crippen LogP contribution is -2.20. The lowest BCUT2D eigenvalue weighted by molar-refractivity contribution is -0.118. The topological polar surface area (TPSA) is 78.9 Å². The van der Waals surface area contributed by atoms with Crippen molar-refractivity contribution in [1.82, 2.24) is 4.98 Å². The SMILES string of the molecule is CCCOc1ccccc1OCC(=O)Nc1nc2cc(OC)c(OC)cc2s1. The Kier molecular flexibility index (Phi) is 6.54. The summed E-state index contributed by atoms with van der Waals surface area (Å²) < 4.78 is 22.7. The van der Waals surface area contributed by atoms with Crippen molar-refractivity contribution < 1.29 is 23.7 Å². The largest absolute Gasteiger partial charge is 0.493 e. The van der Waals surface area contributed by atoms with E-state index in [4.69, 9.17) is 18.9 Å². The number of amides is 1. The fourth-order valence-corrected chi connectivity index (χ4v) is 3.40. The van der Waals surface area contributed by atoms with Crippen molar-refractivity contribution in [1.29, 1.82) is 0 Å². The van der Waals surface area contributed by atoms with Gasteiger partial charge >= 0.3 is 0 Å². The van der Waals surface area contributed by atoms with E-state index in [1.165, 1.54) is 11.3 Å². The third-order valence-electron chi connectivity index (χ3n) is 3.81. The van der Waals surface area contributed by atoms with Crippen LogP contribution in [0.25, 0.3) is 10.2 Å². The summed E-state index contributed by atoms with van der Waals surface area (Å²) >= 11 is 1.35. The molecule has 3 rings (SSSR count). The lowest BCUT2D eigenvalue weighted by Gasteiger charge is -2.11. The predicted molar refractivity (Wildman–Crippen MR) is 109 cm³/mol. The zero-order chi connectivity index (χ0) is 19.9. The molecule has 0 aliphatic carbocycles. The molecule has 0 atom stereocenters. The average molecular weight is 402 g/mol. The molecule has 1 heterocycles. The average Bonchev–Trinajstić information content (AvgIpc) is 3.10. The maximum Gasteiger partial charge on any atom is 0.264 e. The Hall–Kier alpha value is -3.00. The van der Waals surface area contributed by atoms with Crippen LogP contribution in [0.1, 0.15) is 13.3 Å². The van der Waals surface area contributed by atoms with Crippen molar-refractivity contribution in [3.8, 4) is 23.0 Å². The molecule has 0 unspecified atom stereocenters. The van der Waals surface area contributed by atoms with Crippen molar-refractivity contribution >= 4 is 32.6 Å². The zero-order valence-electron chi connectivity index (χ0n) is 16.0. The summed E-state index contributed by atoms with van der Waals surface area (Å²) in [6, 6.07) is 10.9. The van der Waals surface area contributed by atoms with Gasteiger partial charge in [0.25, 0.3) is 5.91 Å². The second-order valence-electron chi connectivity index (χ2n) is 5.83. The number of carbonyl (C=O) groups is 1. The van der Waals surface area contributed by atoms with E-state index in [0.717, 1.165) is 16.6 Å². The number of hydrogen-bond donors (Lipinski definition) is 1. The van der Waals surface area contributed by atoms with Gasteiger partial charge in [-0.15, -0.1) is 0 Å². The van der Waals surface area contributed by atoms with Crippen LogP contribution in [-0.2, 0) is 4.79 Å². The molecule has 0 aliphatic rings. The van der Waals surface area contributed by atoms with Crippen LogP contribution < -0.4 is 24.3 Å². The summed E-state index contributed by atoms with van der Waals surface area (Å²) in [5, 5.41) is 3.24. The van der Waals surface area contributed by atoms with Gasteiger partial charge in [-0.05, 0) is 18.6 Å². The fourth-order valence-electron chi connectivity index (χ4n) is 2.51. The van der Waals surface area contributed by atoms with Crippen LogP contribution in [0.4, 0.5) is 5.13 Å². The summed E-state index contributed by atoms with van der Waals surface area (Å²) in [5.74, 6) is 2.05. The highest BCUT2D eigenvalue weighted by atomic mass is 32.1. The first kappa shape index (κ1) is 19.8. The monoisotopic (exact) mass is 402 g/mol. The van der Waals surface area contributed by atoms with Crippen molar-refractivity contribution in [3.05, 3.63) is 36.4 Å². The number of hydrogen-bond acceptors (Lipinski definition) is 7. The van der Waals surface area contributed by atoms with E-state index in [1.54, 1.807) is 26.4 Å². The van der Waals surface area contributed by atoms with Gasteiger partial charge in [0.15, 0.2) is 34.7 Å². The van der Waals surface area contributed by atoms with Gasteiger partial charge in [-0.25, -0.2) is 4.98 Å². The Morgan fingerprint density at radius 2 is 1.71 bits per heavy atom. The highest BCUT2D eigenvalue weighted by molar-refractivity contribution is 7.22. The van der Waals surface area contributed by atoms with Gasteiger partial charge in [0.1, 0.15) is 0 Å². The van der Waals surface area contributed by atoms with Gasteiger partial charge < -0.3 is 18.9 Å².